The second-order valence-electron chi connectivity index (χ2n) is 7.83. The van der Waals surface area contributed by atoms with Crippen LogP contribution in [-0.4, -0.2) is 36.5 Å². The third-order valence-electron chi connectivity index (χ3n) is 5.01. The molecule has 0 aliphatic rings. The monoisotopic (exact) mass is 380 g/mol. The van der Waals surface area contributed by atoms with Gasteiger partial charge in [0.25, 0.3) is 0 Å². The molecule has 1 aromatic rings. The van der Waals surface area contributed by atoms with E-state index < -0.39 is 5.97 Å². The van der Waals surface area contributed by atoms with Crippen LogP contribution in [0.3, 0.4) is 0 Å². The first-order valence-electron chi connectivity index (χ1n) is 9.98. The largest absolute Gasteiger partial charge is 0.504 e. The lowest BCUT2D eigenvalue weighted by Crippen LogP contribution is -2.16. The van der Waals surface area contributed by atoms with Gasteiger partial charge in [-0.25, -0.2) is 0 Å². The Bertz CT molecular complexity index is 556. The Labute approximate surface area is 163 Å². The minimum absolute atomic E-state index is 0.166. The fourth-order valence-corrected chi connectivity index (χ4v) is 3.32. The first kappa shape index (κ1) is 23.3. The van der Waals surface area contributed by atoms with Gasteiger partial charge in [0.15, 0.2) is 11.5 Å². The molecule has 0 saturated carbocycles. The summed E-state index contributed by atoms with van der Waals surface area (Å²) in [6, 6.07) is 5.60. The van der Waals surface area contributed by atoms with Crippen molar-refractivity contribution in [3.05, 3.63) is 23.8 Å². The predicted octanol–water partition coefficient (Wildman–Crippen LogP) is 4.90. The SMILES string of the molecule is COCCCOc1cc(CC(CC(C)CCCC(=O)O)C(C)C)ccc1O. The summed E-state index contributed by atoms with van der Waals surface area (Å²) in [6.45, 7) is 7.82. The van der Waals surface area contributed by atoms with Crippen molar-refractivity contribution in [2.24, 2.45) is 17.8 Å². The zero-order valence-electron chi connectivity index (χ0n) is 17.2. The quantitative estimate of drug-likeness (QED) is 0.449. The zero-order chi connectivity index (χ0) is 20.2. The number of aromatic hydroxyl groups is 1. The Hall–Kier alpha value is -1.75. The highest BCUT2D eigenvalue weighted by molar-refractivity contribution is 5.66. The van der Waals surface area contributed by atoms with Gasteiger partial charge >= 0.3 is 5.97 Å². The van der Waals surface area contributed by atoms with Crippen molar-refractivity contribution in [1.82, 2.24) is 0 Å². The molecule has 27 heavy (non-hydrogen) atoms. The number of phenolic OH excluding ortho intramolecular Hbond substituents is 1. The summed E-state index contributed by atoms with van der Waals surface area (Å²) in [4.78, 5) is 10.7. The van der Waals surface area contributed by atoms with Gasteiger partial charge in [-0.3, -0.25) is 4.79 Å². The number of phenols is 1. The topological polar surface area (TPSA) is 76.0 Å². The van der Waals surface area contributed by atoms with Crippen LogP contribution in [0, 0.1) is 17.8 Å². The van der Waals surface area contributed by atoms with E-state index in [-0.39, 0.29) is 12.2 Å². The van der Waals surface area contributed by atoms with Crippen LogP contribution in [0.4, 0.5) is 0 Å². The van der Waals surface area contributed by atoms with Gasteiger partial charge in [0, 0.05) is 26.6 Å². The molecule has 0 bridgehead atoms. The van der Waals surface area contributed by atoms with Gasteiger partial charge in [0.05, 0.1) is 6.61 Å². The second-order valence-corrected chi connectivity index (χ2v) is 7.83. The number of hydrogen-bond acceptors (Lipinski definition) is 4. The van der Waals surface area contributed by atoms with Crippen LogP contribution < -0.4 is 4.74 Å². The summed E-state index contributed by atoms with van der Waals surface area (Å²) in [7, 11) is 1.66. The van der Waals surface area contributed by atoms with Crippen molar-refractivity contribution in [3.63, 3.8) is 0 Å². The summed E-state index contributed by atoms with van der Waals surface area (Å²) >= 11 is 0. The molecule has 0 heterocycles. The molecule has 0 saturated heterocycles. The van der Waals surface area contributed by atoms with Crippen molar-refractivity contribution in [2.45, 2.75) is 59.3 Å². The molecular weight excluding hydrogens is 344 g/mol. The molecule has 2 N–H and O–H groups in total. The predicted molar refractivity (Wildman–Crippen MR) is 107 cm³/mol. The average molecular weight is 381 g/mol. The van der Waals surface area contributed by atoms with Crippen molar-refractivity contribution in [2.75, 3.05) is 20.3 Å². The van der Waals surface area contributed by atoms with Gasteiger partial charge in [-0.15, -0.1) is 0 Å². The zero-order valence-corrected chi connectivity index (χ0v) is 17.2. The van der Waals surface area contributed by atoms with Crippen LogP contribution >= 0.6 is 0 Å². The summed E-state index contributed by atoms with van der Waals surface area (Å²) in [6.07, 6.45) is 4.71. The standard InChI is InChI=1S/C22H36O5/c1-16(2)19(13-17(3)7-5-8-22(24)25)14-18-9-10-20(23)21(15-18)27-12-6-11-26-4/h9-10,15-17,19,23H,5-8,11-14H2,1-4H3,(H,24,25). The maximum Gasteiger partial charge on any atom is 0.303 e. The average Bonchev–Trinajstić information content (AvgIpc) is 2.60. The van der Waals surface area contributed by atoms with E-state index in [4.69, 9.17) is 14.6 Å². The lowest BCUT2D eigenvalue weighted by Gasteiger charge is -2.25. The molecule has 0 fully saturated rings. The molecule has 0 aliphatic carbocycles. The van der Waals surface area contributed by atoms with Crippen LogP contribution in [0.1, 0.15) is 58.4 Å². The van der Waals surface area contributed by atoms with Gasteiger partial charge in [-0.1, -0.05) is 33.3 Å². The molecule has 1 rings (SSSR count). The highest BCUT2D eigenvalue weighted by atomic mass is 16.5. The Morgan fingerprint density at radius 2 is 1.89 bits per heavy atom. The number of carbonyl (C=O) groups is 1. The van der Waals surface area contributed by atoms with Gasteiger partial charge in [0.2, 0.25) is 0 Å². The molecule has 0 aliphatic heterocycles. The molecule has 0 spiro atoms. The van der Waals surface area contributed by atoms with Crippen molar-refractivity contribution >= 4 is 5.97 Å². The third-order valence-corrected chi connectivity index (χ3v) is 5.01. The van der Waals surface area contributed by atoms with Crippen LogP contribution in [0.5, 0.6) is 11.5 Å². The maximum absolute atomic E-state index is 10.7. The highest BCUT2D eigenvalue weighted by Crippen LogP contribution is 2.31. The molecule has 2 unspecified atom stereocenters. The Kier molecular flexibility index (Phi) is 10.9. The number of aliphatic carboxylic acids is 1. The van der Waals surface area contributed by atoms with Gasteiger partial charge in [-0.05, 0) is 54.7 Å². The van der Waals surface area contributed by atoms with Crippen LogP contribution in [0.25, 0.3) is 0 Å². The Morgan fingerprint density at radius 3 is 2.52 bits per heavy atom. The molecule has 2 atom stereocenters. The second kappa shape index (κ2) is 12.6. The number of carboxylic acid groups (broad SMARTS) is 1. The number of rotatable bonds is 14. The Morgan fingerprint density at radius 1 is 1.15 bits per heavy atom. The van der Waals surface area contributed by atoms with Gasteiger partial charge in [-0.2, -0.15) is 0 Å². The van der Waals surface area contributed by atoms with E-state index in [0.29, 0.717) is 36.7 Å². The van der Waals surface area contributed by atoms with Crippen LogP contribution in [-0.2, 0) is 16.0 Å². The normalized spacial score (nSPS) is 13.5. The van der Waals surface area contributed by atoms with Crippen LogP contribution in [0.15, 0.2) is 18.2 Å². The van der Waals surface area contributed by atoms with E-state index in [1.807, 2.05) is 12.1 Å². The number of carboxylic acids is 1. The third kappa shape index (κ3) is 9.66. The first-order chi connectivity index (χ1) is 12.8. The fourth-order valence-electron chi connectivity index (χ4n) is 3.32. The lowest BCUT2D eigenvalue weighted by atomic mass is 9.81. The van der Waals surface area contributed by atoms with E-state index in [1.54, 1.807) is 13.2 Å². The van der Waals surface area contributed by atoms with Crippen molar-refractivity contribution in [3.8, 4) is 11.5 Å². The molecule has 0 amide bonds. The van der Waals surface area contributed by atoms with Gasteiger partial charge < -0.3 is 19.7 Å². The number of hydrogen-bond donors (Lipinski definition) is 2. The minimum Gasteiger partial charge on any atom is -0.504 e. The van der Waals surface area contributed by atoms with Crippen molar-refractivity contribution < 1.29 is 24.5 Å². The number of benzene rings is 1. The highest BCUT2D eigenvalue weighted by Gasteiger charge is 2.18. The molecule has 0 radical (unpaired) electrons. The fraction of sp³-hybridized carbons (Fsp3) is 0.682. The molecule has 5 nitrogen and oxygen atoms in total. The Balaban J connectivity index is 2.63. The number of methoxy groups -OCH3 is 1. The van der Waals surface area contributed by atoms with E-state index in [2.05, 4.69) is 20.8 Å². The summed E-state index contributed by atoms with van der Waals surface area (Å²) in [5, 5.41) is 18.8. The maximum atomic E-state index is 10.7. The number of ether oxygens (including phenoxy) is 2. The minimum atomic E-state index is -0.718. The van der Waals surface area contributed by atoms with E-state index >= 15 is 0 Å². The van der Waals surface area contributed by atoms with E-state index in [9.17, 15) is 9.90 Å². The van der Waals surface area contributed by atoms with Crippen LogP contribution in [0.2, 0.25) is 0 Å². The van der Waals surface area contributed by atoms with Gasteiger partial charge in [0.1, 0.15) is 0 Å². The molecule has 1 aromatic carbocycles. The summed E-state index contributed by atoms with van der Waals surface area (Å²) < 4.78 is 10.7. The lowest BCUT2D eigenvalue weighted by molar-refractivity contribution is -0.137. The molecule has 0 aromatic heterocycles. The molecule has 154 valence electrons. The first-order valence-corrected chi connectivity index (χ1v) is 9.98. The molecular formula is C22H36O5. The smallest absolute Gasteiger partial charge is 0.303 e. The van der Waals surface area contributed by atoms with E-state index in [0.717, 1.165) is 37.7 Å². The molecule has 5 heteroatoms. The van der Waals surface area contributed by atoms with Crippen molar-refractivity contribution in [1.29, 1.82) is 0 Å². The summed E-state index contributed by atoms with van der Waals surface area (Å²) in [5.41, 5.74) is 1.16. The summed E-state index contributed by atoms with van der Waals surface area (Å²) in [5.74, 6) is 1.52. The van der Waals surface area contributed by atoms with E-state index in [1.165, 1.54) is 0 Å².